The summed E-state index contributed by atoms with van der Waals surface area (Å²) in [5.41, 5.74) is 7.76. The number of anilines is 2. The van der Waals surface area contributed by atoms with E-state index in [1.165, 1.54) is 0 Å². The zero-order valence-corrected chi connectivity index (χ0v) is 19.6. The predicted octanol–water partition coefficient (Wildman–Crippen LogP) is 1.89. The molecular formula is C24H32N8O2. The molecule has 0 spiro atoms. The van der Waals surface area contributed by atoms with Crippen LogP contribution in [0.5, 0.6) is 0 Å². The van der Waals surface area contributed by atoms with Gasteiger partial charge in [0.05, 0.1) is 6.20 Å². The lowest BCUT2D eigenvalue weighted by Gasteiger charge is -2.22. The van der Waals surface area contributed by atoms with Gasteiger partial charge in [-0.3, -0.25) is 15.6 Å². The number of rotatable bonds is 7. The molecule has 4 rings (SSSR count). The second-order valence-electron chi connectivity index (χ2n) is 8.88. The maximum absolute atomic E-state index is 11.9. The Morgan fingerprint density at radius 2 is 1.97 bits per heavy atom. The van der Waals surface area contributed by atoms with Gasteiger partial charge in [-0.1, -0.05) is 19.1 Å². The third-order valence-corrected chi connectivity index (χ3v) is 6.65. The highest BCUT2D eigenvalue weighted by molar-refractivity contribution is 6.05. The van der Waals surface area contributed by atoms with Crippen LogP contribution in [0.1, 0.15) is 43.0 Å². The van der Waals surface area contributed by atoms with E-state index in [4.69, 9.17) is 21.3 Å². The van der Waals surface area contributed by atoms with Gasteiger partial charge in [0.2, 0.25) is 17.7 Å². The number of benzene rings is 1. The lowest BCUT2D eigenvalue weighted by atomic mass is 9.98. The molecule has 10 heteroatoms. The molecule has 1 aliphatic carbocycles. The number of carbonyl (C=O) groups excluding carboxylic acids is 1. The van der Waals surface area contributed by atoms with Gasteiger partial charge >= 0.3 is 0 Å². The zero-order valence-electron chi connectivity index (χ0n) is 19.6. The molecule has 10 nitrogen and oxygen atoms in total. The van der Waals surface area contributed by atoms with Crippen LogP contribution in [0.3, 0.4) is 0 Å². The van der Waals surface area contributed by atoms with Crippen molar-refractivity contribution in [2.75, 3.05) is 30.8 Å². The highest BCUT2D eigenvalue weighted by Crippen LogP contribution is 2.39. The Morgan fingerprint density at radius 3 is 2.68 bits per heavy atom. The molecule has 1 amide bonds. The van der Waals surface area contributed by atoms with Crippen LogP contribution in [-0.2, 0) is 16.1 Å². The summed E-state index contributed by atoms with van der Waals surface area (Å²) in [4.78, 5) is 22.8. The SMILES string of the molecule is CCC(=O)NC1CCC2CN(c3cnc(N)c(C(=N)OC(=N)c4ccc(CNC)cc4)n3)C[C@@H]21. The summed E-state index contributed by atoms with van der Waals surface area (Å²) in [5.74, 6) is 1.17. The smallest absolute Gasteiger partial charge is 0.243 e. The number of nitrogens with two attached hydrogens (primary N) is 1. The first kappa shape index (κ1) is 23.6. The normalized spacial score (nSPS) is 21.2. The number of fused-ring (bicyclic) bond motifs is 1. The van der Waals surface area contributed by atoms with E-state index in [0.717, 1.165) is 38.0 Å². The summed E-state index contributed by atoms with van der Waals surface area (Å²) in [5, 5.41) is 22.8. The number of hydrogen-bond acceptors (Lipinski definition) is 9. The maximum atomic E-state index is 11.9. The average Bonchev–Trinajstić information content (AvgIpc) is 3.41. The van der Waals surface area contributed by atoms with E-state index >= 15 is 0 Å². The van der Waals surface area contributed by atoms with Crippen molar-refractivity contribution in [3.63, 3.8) is 0 Å². The lowest BCUT2D eigenvalue weighted by Crippen LogP contribution is -2.39. The predicted molar refractivity (Wildman–Crippen MR) is 131 cm³/mol. The van der Waals surface area contributed by atoms with Crippen LogP contribution in [0.15, 0.2) is 30.5 Å². The molecule has 1 aromatic heterocycles. The van der Waals surface area contributed by atoms with E-state index in [0.29, 0.717) is 29.6 Å². The molecule has 34 heavy (non-hydrogen) atoms. The summed E-state index contributed by atoms with van der Waals surface area (Å²) in [6.07, 6.45) is 4.17. The molecule has 1 saturated heterocycles. The molecule has 180 valence electrons. The average molecular weight is 465 g/mol. The van der Waals surface area contributed by atoms with Crippen LogP contribution in [0, 0.1) is 22.7 Å². The van der Waals surface area contributed by atoms with Crippen molar-refractivity contribution >= 4 is 29.3 Å². The van der Waals surface area contributed by atoms with Crippen molar-refractivity contribution in [3.8, 4) is 0 Å². The summed E-state index contributed by atoms with van der Waals surface area (Å²) >= 11 is 0. The topological polar surface area (TPSA) is 153 Å². The quantitative estimate of drug-likeness (QED) is 0.310. The number of nitrogen functional groups attached to an aromatic ring is 1. The summed E-state index contributed by atoms with van der Waals surface area (Å²) in [6.45, 7) is 4.18. The van der Waals surface area contributed by atoms with E-state index in [1.54, 1.807) is 18.3 Å². The molecule has 1 aromatic carbocycles. The fourth-order valence-electron chi connectivity index (χ4n) is 4.84. The van der Waals surface area contributed by atoms with Crippen molar-refractivity contribution in [2.24, 2.45) is 11.8 Å². The van der Waals surface area contributed by atoms with E-state index < -0.39 is 0 Å². The van der Waals surface area contributed by atoms with Crippen LogP contribution in [0.4, 0.5) is 11.6 Å². The molecule has 0 bridgehead atoms. The van der Waals surface area contributed by atoms with Crippen molar-refractivity contribution in [2.45, 2.75) is 38.8 Å². The van der Waals surface area contributed by atoms with Crippen LogP contribution in [-0.4, -0.2) is 53.8 Å². The van der Waals surface area contributed by atoms with Gasteiger partial charge in [-0.15, -0.1) is 0 Å². The first-order valence-electron chi connectivity index (χ1n) is 11.7. The number of carbonyl (C=O) groups is 1. The molecule has 6 N–H and O–H groups in total. The molecule has 2 unspecified atom stereocenters. The molecular weight excluding hydrogens is 432 g/mol. The monoisotopic (exact) mass is 464 g/mol. The van der Waals surface area contributed by atoms with Crippen LogP contribution >= 0.6 is 0 Å². The minimum atomic E-state index is -0.316. The summed E-state index contributed by atoms with van der Waals surface area (Å²) < 4.78 is 5.47. The van der Waals surface area contributed by atoms with E-state index in [2.05, 4.69) is 25.5 Å². The summed E-state index contributed by atoms with van der Waals surface area (Å²) in [7, 11) is 1.87. The van der Waals surface area contributed by atoms with Crippen molar-refractivity contribution in [1.29, 1.82) is 10.8 Å². The molecule has 1 saturated carbocycles. The first-order chi connectivity index (χ1) is 16.4. The number of ether oxygens (including phenoxy) is 1. The molecule has 2 aromatic rings. The largest absolute Gasteiger partial charge is 0.419 e. The lowest BCUT2D eigenvalue weighted by molar-refractivity contribution is -0.121. The van der Waals surface area contributed by atoms with Crippen molar-refractivity contribution in [1.82, 2.24) is 20.6 Å². The Labute approximate surface area is 199 Å². The number of nitrogens with one attached hydrogen (secondary N) is 4. The van der Waals surface area contributed by atoms with Crippen molar-refractivity contribution in [3.05, 3.63) is 47.3 Å². The van der Waals surface area contributed by atoms with Gasteiger partial charge in [0.1, 0.15) is 5.82 Å². The highest BCUT2D eigenvalue weighted by atomic mass is 16.5. The van der Waals surface area contributed by atoms with E-state index in [9.17, 15) is 4.79 Å². The van der Waals surface area contributed by atoms with Gasteiger partial charge < -0.3 is 26.0 Å². The van der Waals surface area contributed by atoms with Gasteiger partial charge in [-0.2, -0.15) is 0 Å². The number of hydrogen-bond donors (Lipinski definition) is 5. The Bertz CT molecular complexity index is 1070. The van der Waals surface area contributed by atoms with Crippen LogP contribution in [0.2, 0.25) is 0 Å². The summed E-state index contributed by atoms with van der Waals surface area (Å²) in [6, 6.07) is 7.56. The highest BCUT2D eigenvalue weighted by Gasteiger charge is 2.43. The molecule has 1 aliphatic heterocycles. The minimum absolute atomic E-state index is 0.0818. The van der Waals surface area contributed by atoms with Gasteiger partial charge in [0, 0.05) is 43.6 Å². The molecule has 2 fully saturated rings. The number of nitrogens with zero attached hydrogens (tertiary/aromatic N) is 3. The zero-order chi connectivity index (χ0) is 24.2. The Hall–Kier alpha value is -3.53. The minimum Gasteiger partial charge on any atom is -0.419 e. The molecule has 0 radical (unpaired) electrons. The number of amides is 1. The maximum Gasteiger partial charge on any atom is 0.243 e. The Kier molecular flexibility index (Phi) is 7.06. The van der Waals surface area contributed by atoms with Gasteiger partial charge in [0.15, 0.2) is 11.5 Å². The molecule has 3 atom stereocenters. The second-order valence-corrected chi connectivity index (χ2v) is 8.88. The fraction of sp³-hybridized carbons (Fsp3) is 0.458. The van der Waals surface area contributed by atoms with E-state index in [-0.39, 0.29) is 35.3 Å². The van der Waals surface area contributed by atoms with Crippen LogP contribution < -0.4 is 21.3 Å². The third-order valence-electron chi connectivity index (χ3n) is 6.65. The fourth-order valence-corrected chi connectivity index (χ4v) is 4.84. The standard InChI is InChI=1S/C24H32N8O2/c1-3-20(33)30-18-9-8-16-12-32(13-17(16)18)19-11-29-22(25)21(31-19)24(27)34-23(26)15-6-4-14(5-7-15)10-28-2/h4-7,11,16-18,26-28H,3,8-10,12-13H2,1-2H3,(H2,25,29)(H,30,33)/t16?,17-,18?/m0/s1. The Balaban J connectivity index is 1.43. The Morgan fingerprint density at radius 1 is 1.21 bits per heavy atom. The van der Waals surface area contributed by atoms with Crippen molar-refractivity contribution < 1.29 is 9.53 Å². The van der Waals surface area contributed by atoms with Gasteiger partial charge in [0.25, 0.3) is 0 Å². The third kappa shape index (κ3) is 5.01. The van der Waals surface area contributed by atoms with Crippen LogP contribution in [0.25, 0.3) is 0 Å². The molecule has 2 aliphatic rings. The van der Waals surface area contributed by atoms with E-state index in [1.807, 2.05) is 26.1 Å². The van der Waals surface area contributed by atoms with Gasteiger partial charge in [-0.25, -0.2) is 9.97 Å². The van der Waals surface area contributed by atoms with Gasteiger partial charge in [-0.05, 0) is 43.5 Å². The first-order valence-corrected chi connectivity index (χ1v) is 11.7. The molecule has 2 heterocycles. The number of aromatic nitrogens is 2. The second kappa shape index (κ2) is 10.2.